The summed E-state index contributed by atoms with van der Waals surface area (Å²) in [7, 11) is 0. The average molecular weight is 245 g/mol. The number of benzene rings is 3. The van der Waals surface area contributed by atoms with Crippen LogP contribution in [0.5, 0.6) is 0 Å². The van der Waals surface area contributed by atoms with E-state index < -0.39 is 0 Å². The molecule has 0 bridgehead atoms. The molecule has 0 saturated heterocycles. The molecule has 0 N–H and O–H groups in total. The molecule has 92 valence electrons. The van der Waals surface area contributed by atoms with Gasteiger partial charge in [-0.05, 0) is 36.1 Å². The van der Waals surface area contributed by atoms with Crippen molar-refractivity contribution in [1.29, 1.82) is 0 Å². The summed E-state index contributed by atoms with van der Waals surface area (Å²) in [6.07, 6.45) is 0. The Morgan fingerprint density at radius 3 is 2.32 bits per heavy atom. The van der Waals surface area contributed by atoms with Gasteiger partial charge >= 0.3 is 0 Å². The summed E-state index contributed by atoms with van der Waals surface area (Å²) in [6, 6.07) is 24.2. The summed E-state index contributed by atoms with van der Waals surface area (Å²) in [4.78, 5) is 2.43. The molecule has 0 aromatic heterocycles. The lowest BCUT2D eigenvalue weighted by atomic mass is 10.0. The number of para-hydroxylation sites is 1. The molecule has 1 nitrogen and oxygen atoms in total. The van der Waals surface area contributed by atoms with E-state index in [0.29, 0.717) is 6.04 Å². The minimum absolute atomic E-state index is 0.392. The molecule has 1 aliphatic rings. The molecule has 0 saturated carbocycles. The van der Waals surface area contributed by atoms with Gasteiger partial charge in [-0.15, -0.1) is 0 Å². The molecule has 1 aliphatic heterocycles. The monoisotopic (exact) mass is 245 g/mol. The van der Waals surface area contributed by atoms with Crippen LogP contribution in [0.25, 0.3) is 10.8 Å². The molecule has 1 heteroatoms. The Morgan fingerprint density at radius 1 is 0.789 bits per heavy atom. The normalized spacial score (nSPS) is 17.1. The molecule has 0 spiro atoms. The Balaban J connectivity index is 2.01. The molecule has 1 heterocycles. The zero-order valence-electron chi connectivity index (χ0n) is 10.9. The number of anilines is 2. The van der Waals surface area contributed by atoms with E-state index in [9.17, 15) is 0 Å². The second-order valence-corrected chi connectivity index (χ2v) is 5.10. The fourth-order valence-electron chi connectivity index (χ4n) is 3.20. The van der Waals surface area contributed by atoms with E-state index in [4.69, 9.17) is 0 Å². The summed E-state index contributed by atoms with van der Waals surface area (Å²) in [5, 5.41) is 2.74. The van der Waals surface area contributed by atoms with Crippen molar-refractivity contribution in [1.82, 2.24) is 0 Å². The Bertz CT molecular complexity index is 741. The second kappa shape index (κ2) is 3.86. The molecule has 0 aliphatic carbocycles. The van der Waals surface area contributed by atoms with Crippen LogP contribution in [0, 0.1) is 0 Å². The van der Waals surface area contributed by atoms with Crippen LogP contribution in [0.3, 0.4) is 0 Å². The predicted molar refractivity (Wildman–Crippen MR) is 80.9 cm³/mol. The minimum atomic E-state index is 0.392. The highest BCUT2D eigenvalue weighted by atomic mass is 15.2. The van der Waals surface area contributed by atoms with Gasteiger partial charge in [-0.2, -0.15) is 0 Å². The van der Waals surface area contributed by atoms with Gasteiger partial charge in [0.15, 0.2) is 0 Å². The van der Waals surface area contributed by atoms with Crippen LogP contribution in [-0.2, 0) is 0 Å². The van der Waals surface area contributed by atoms with Crippen LogP contribution in [0.1, 0.15) is 18.5 Å². The van der Waals surface area contributed by atoms with Crippen molar-refractivity contribution in [3.8, 4) is 0 Å². The molecule has 1 atom stereocenters. The predicted octanol–water partition coefficient (Wildman–Crippen LogP) is 5.05. The maximum atomic E-state index is 2.43. The Kier molecular flexibility index (Phi) is 2.16. The molecule has 0 fully saturated rings. The summed E-state index contributed by atoms with van der Waals surface area (Å²) in [5.41, 5.74) is 4.02. The van der Waals surface area contributed by atoms with Crippen LogP contribution in [0.2, 0.25) is 0 Å². The maximum absolute atomic E-state index is 2.43. The van der Waals surface area contributed by atoms with E-state index in [2.05, 4.69) is 78.6 Å². The number of hydrogen-bond acceptors (Lipinski definition) is 1. The van der Waals surface area contributed by atoms with Gasteiger partial charge in [0.05, 0.1) is 6.04 Å². The lowest BCUT2D eigenvalue weighted by Crippen LogP contribution is -2.16. The van der Waals surface area contributed by atoms with Gasteiger partial charge in [0.1, 0.15) is 0 Å². The van der Waals surface area contributed by atoms with Gasteiger partial charge < -0.3 is 4.90 Å². The first-order valence-electron chi connectivity index (χ1n) is 6.72. The van der Waals surface area contributed by atoms with Crippen LogP contribution >= 0.6 is 0 Å². The first-order chi connectivity index (χ1) is 9.36. The molecule has 19 heavy (non-hydrogen) atoms. The fourth-order valence-corrected chi connectivity index (χ4v) is 3.20. The molecule has 1 unspecified atom stereocenters. The van der Waals surface area contributed by atoms with Crippen molar-refractivity contribution in [3.63, 3.8) is 0 Å². The van der Waals surface area contributed by atoms with Crippen LogP contribution in [0.4, 0.5) is 11.4 Å². The molecule has 3 aromatic rings. The third-order valence-corrected chi connectivity index (χ3v) is 4.05. The second-order valence-electron chi connectivity index (χ2n) is 5.10. The summed E-state index contributed by atoms with van der Waals surface area (Å²) in [6.45, 7) is 2.28. The number of hydrogen-bond donors (Lipinski definition) is 0. The third-order valence-electron chi connectivity index (χ3n) is 4.05. The third kappa shape index (κ3) is 1.42. The van der Waals surface area contributed by atoms with Gasteiger partial charge in [-0.25, -0.2) is 0 Å². The highest BCUT2D eigenvalue weighted by molar-refractivity contribution is 6.02. The lowest BCUT2D eigenvalue weighted by molar-refractivity contribution is 0.805. The van der Waals surface area contributed by atoms with E-state index in [1.54, 1.807) is 0 Å². The van der Waals surface area contributed by atoms with Crippen molar-refractivity contribution in [2.75, 3.05) is 4.90 Å². The average Bonchev–Trinajstić information content (AvgIpc) is 2.76. The maximum Gasteiger partial charge on any atom is 0.0570 e. The molecular formula is C18H15N. The lowest BCUT2D eigenvalue weighted by Gasteiger charge is -2.25. The largest absolute Gasteiger partial charge is 0.334 e. The van der Waals surface area contributed by atoms with E-state index in [0.717, 1.165) is 0 Å². The van der Waals surface area contributed by atoms with Crippen LogP contribution in [0.15, 0.2) is 66.7 Å². The zero-order chi connectivity index (χ0) is 12.8. The van der Waals surface area contributed by atoms with Crippen molar-refractivity contribution >= 4 is 22.1 Å². The molecule has 0 radical (unpaired) electrons. The van der Waals surface area contributed by atoms with Gasteiger partial charge in [-0.1, -0.05) is 48.5 Å². The van der Waals surface area contributed by atoms with Crippen LogP contribution in [-0.4, -0.2) is 0 Å². The van der Waals surface area contributed by atoms with Crippen molar-refractivity contribution in [3.05, 3.63) is 72.3 Å². The Morgan fingerprint density at radius 2 is 1.53 bits per heavy atom. The quantitative estimate of drug-likeness (QED) is 0.579. The summed E-state index contributed by atoms with van der Waals surface area (Å²) >= 11 is 0. The molecular weight excluding hydrogens is 230 g/mol. The molecule has 4 rings (SSSR count). The van der Waals surface area contributed by atoms with E-state index in [-0.39, 0.29) is 0 Å². The van der Waals surface area contributed by atoms with Gasteiger partial charge in [0, 0.05) is 16.8 Å². The fraction of sp³-hybridized carbons (Fsp3) is 0.111. The SMILES string of the molecule is CC1c2cccc3cccc(c23)N1c1ccccc1. The first kappa shape index (κ1) is 10.6. The minimum Gasteiger partial charge on any atom is -0.334 e. The van der Waals surface area contributed by atoms with E-state index >= 15 is 0 Å². The van der Waals surface area contributed by atoms with Crippen molar-refractivity contribution in [2.24, 2.45) is 0 Å². The topological polar surface area (TPSA) is 3.24 Å². The highest BCUT2D eigenvalue weighted by Gasteiger charge is 2.28. The van der Waals surface area contributed by atoms with Gasteiger partial charge in [0.25, 0.3) is 0 Å². The number of nitrogens with zero attached hydrogens (tertiary/aromatic N) is 1. The first-order valence-corrected chi connectivity index (χ1v) is 6.72. The van der Waals surface area contributed by atoms with Gasteiger partial charge in [-0.3, -0.25) is 0 Å². The zero-order valence-corrected chi connectivity index (χ0v) is 10.9. The van der Waals surface area contributed by atoms with Gasteiger partial charge in [0.2, 0.25) is 0 Å². The van der Waals surface area contributed by atoms with Crippen molar-refractivity contribution in [2.45, 2.75) is 13.0 Å². The molecule has 3 aromatic carbocycles. The van der Waals surface area contributed by atoms with E-state index in [1.165, 1.54) is 27.7 Å². The van der Waals surface area contributed by atoms with E-state index in [1.807, 2.05) is 0 Å². The summed E-state index contributed by atoms with van der Waals surface area (Å²) in [5.74, 6) is 0. The Hall–Kier alpha value is -2.28. The highest BCUT2D eigenvalue weighted by Crippen LogP contribution is 2.47. The van der Waals surface area contributed by atoms with Crippen LogP contribution < -0.4 is 4.90 Å². The Labute approximate surface area is 113 Å². The molecule has 0 amide bonds. The number of rotatable bonds is 1. The summed E-state index contributed by atoms with van der Waals surface area (Å²) < 4.78 is 0. The standard InChI is InChI=1S/C18H15N/c1-13-16-11-5-7-14-8-6-12-17(18(14)16)19(13)15-9-3-2-4-10-15/h2-13H,1H3. The smallest absolute Gasteiger partial charge is 0.0570 e. The van der Waals surface area contributed by atoms with Crippen molar-refractivity contribution < 1.29 is 0 Å².